The van der Waals surface area contributed by atoms with Crippen molar-refractivity contribution < 1.29 is 18.3 Å². The number of rotatable bonds is 8. The summed E-state index contributed by atoms with van der Waals surface area (Å²) in [7, 11) is 0. The van der Waals surface area contributed by atoms with Crippen molar-refractivity contribution in [3.63, 3.8) is 0 Å². The number of hydrogen-bond acceptors (Lipinski definition) is 6. The Kier molecular flexibility index (Phi) is 6.15. The first-order chi connectivity index (χ1) is 11.0. The summed E-state index contributed by atoms with van der Waals surface area (Å²) in [4.78, 5) is 11.7. The van der Waals surface area contributed by atoms with Crippen LogP contribution < -0.4 is 15.9 Å². The summed E-state index contributed by atoms with van der Waals surface area (Å²) >= 11 is 1.18. The average Bonchev–Trinajstić information content (AvgIpc) is 2.92. The largest absolute Gasteiger partial charge is 0.435 e. The van der Waals surface area contributed by atoms with Crippen LogP contribution in [0.4, 0.5) is 8.78 Å². The standard InChI is InChI=1S/C13H15F2N5O2S/c14-12(15)22-10-3-1-9(2-4-10)5-6-17-11(21)7-23-13-19-18-8-20(13)16/h1-4,8,12H,5-7,16H2,(H,17,21). The van der Waals surface area contributed by atoms with E-state index in [0.717, 1.165) is 5.56 Å². The van der Waals surface area contributed by atoms with E-state index >= 15 is 0 Å². The van der Waals surface area contributed by atoms with E-state index in [1.807, 2.05) is 0 Å². The molecule has 3 N–H and O–H groups in total. The molecule has 0 aliphatic heterocycles. The molecule has 0 saturated carbocycles. The van der Waals surface area contributed by atoms with Gasteiger partial charge in [-0.2, -0.15) is 8.78 Å². The van der Waals surface area contributed by atoms with Crippen molar-refractivity contribution in [3.8, 4) is 5.75 Å². The highest BCUT2D eigenvalue weighted by atomic mass is 32.2. The van der Waals surface area contributed by atoms with Gasteiger partial charge in [0.05, 0.1) is 5.75 Å². The first-order valence-electron chi connectivity index (χ1n) is 6.63. The summed E-state index contributed by atoms with van der Waals surface area (Å²) < 4.78 is 29.5. The minimum Gasteiger partial charge on any atom is -0.435 e. The van der Waals surface area contributed by atoms with Gasteiger partial charge in [-0.15, -0.1) is 10.2 Å². The quantitative estimate of drug-likeness (QED) is 0.549. The Morgan fingerprint density at radius 2 is 2.13 bits per heavy atom. The van der Waals surface area contributed by atoms with Crippen LogP contribution in [0.1, 0.15) is 5.56 Å². The van der Waals surface area contributed by atoms with Crippen LogP contribution in [0.15, 0.2) is 35.7 Å². The van der Waals surface area contributed by atoms with Crippen LogP contribution in [0, 0.1) is 0 Å². The lowest BCUT2D eigenvalue weighted by Gasteiger charge is -2.07. The fourth-order valence-electron chi connectivity index (χ4n) is 1.70. The summed E-state index contributed by atoms with van der Waals surface area (Å²) in [6.45, 7) is -2.40. The molecule has 23 heavy (non-hydrogen) atoms. The lowest BCUT2D eigenvalue weighted by atomic mass is 10.1. The highest BCUT2D eigenvalue weighted by Crippen LogP contribution is 2.15. The maximum Gasteiger partial charge on any atom is 0.387 e. The molecule has 0 saturated heterocycles. The van der Waals surface area contributed by atoms with Crippen LogP contribution in [0.25, 0.3) is 0 Å². The molecule has 124 valence electrons. The molecule has 2 aromatic rings. The Balaban J connectivity index is 1.68. The van der Waals surface area contributed by atoms with Crippen molar-refractivity contribution in [1.82, 2.24) is 20.2 Å². The molecule has 0 bridgehead atoms. The van der Waals surface area contributed by atoms with Crippen molar-refractivity contribution in [2.75, 3.05) is 18.1 Å². The van der Waals surface area contributed by atoms with Gasteiger partial charge < -0.3 is 15.9 Å². The molecule has 1 amide bonds. The number of halogens is 2. The summed E-state index contributed by atoms with van der Waals surface area (Å²) in [5, 5.41) is 10.6. The highest BCUT2D eigenvalue weighted by Gasteiger charge is 2.07. The highest BCUT2D eigenvalue weighted by molar-refractivity contribution is 7.99. The van der Waals surface area contributed by atoms with E-state index in [1.54, 1.807) is 12.1 Å². The molecule has 1 heterocycles. The third-order valence-electron chi connectivity index (χ3n) is 2.76. The normalized spacial score (nSPS) is 10.7. The molecule has 0 unspecified atom stereocenters. The van der Waals surface area contributed by atoms with Crippen LogP contribution in [0.3, 0.4) is 0 Å². The molecule has 10 heteroatoms. The zero-order valence-electron chi connectivity index (χ0n) is 12.0. The minimum absolute atomic E-state index is 0.107. The number of nitrogen functional groups attached to an aromatic ring is 1. The van der Waals surface area contributed by atoms with Crippen LogP contribution >= 0.6 is 11.8 Å². The van der Waals surface area contributed by atoms with Gasteiger partial charge in [0.1, 0.15) is 12.1 Å². The monoisotopic (exact) mass is 343 g/mol. The van der Waals surface area contributed by atoms with Crippen LogP contribution in [0.2, 0.25) is 0 Å². The molecular weight excluding hydrogens is 328 g/mol. The molecule has 0 radical (unpaired) electrons. The molecule has 1 aromatic carbocycles. The van der Waals surface area contributed by atoms with Crippen LogP contribution in [0.5, 0.6) is 5.75 Å². The Hall–Kier alpha value is -2.36. The number of nitrogens with two attached hydrogens (primary N) is 1. The number of carbonyl (C=O) groups excluding carboxylic acids is 1. The average molecular weight is 343 g/mol. The van der Waals surface area contributed by atoms with E-state index in [-0.39, 0.29) is 17.4 Å². The van der Waals surface area contributed by atoms with Crippen molar-refractivity contribution in [1.29, 1.82) is 0 Å². The first-order valence-corrected chi connectivity index (χ1v) is 7.61. The molecule has 7 nitrogen and oxygen atoms in total. The van der Waals surface area contributed by atoms with E-state index in [0.29, 0.717) is 18.1 Å². The molecular formula is C13H15F2N5O2S. The molecule has 1 aromatic heterocycles. The maximum absolute atomic E-state index is 12.0. The number of thioether (sulfide) groups is 1. The van der Waals surface area contributed by atoms with Gasteiger partial charge in [-0.1, -0.05) is 23.9 Å². The number of nitrogens with zero attached hydrogens (tertiary/aromatic N) is 3. The summed E-state index contributed by atoms with van der Waals surface area (Å²) in [5.41, 5.74) is 0.904. The maximum atomic E-state index is 12.0. The predicted octanol–water partition coefficient (Wildman–Crippen LogP) is 1.04. The number of ether oxygens (including phenoxy) is 1. The van der Waals surface area contributed by atoms with Gasteiger partial charge >= 0.3 is 6.61 Å². The number of carbonyl (C=O) groups is 1. The van der Waals surface area contributed by atoms with Gasteiger partial charge in [-0.05, 0) is 24.1 Å². The second-order valence-electron chi connectivity index (χ2n) is 4.43. The van der Waals surface area contributed by atoms with Gasteiger partial charge in [-0.25, -0.2) is 4.68 Å². The Labute approximate surface area is 135 Å². The third kappa shape index (κ3) is 5.74. The number of nitrogens with one attached hydrogen (secondary N) is 1. The van der Waals surface area contributed by atoms with E-state index < -0.39 is 6.61 Å². The smallest absolute Gasteiger partial charge is 0.387 e. The third-order valence-corrected chi connectivity index (χ3v) is 3.71. The first kappa shape index (κ1) is 17.0. The van der Waals surface area contributed by atoms with E-state index in [2.05, 4.69) is 20.3 Å². The van der Waals surface area contributed by atoms with E-state index in [1.165, 1.54) is 34.9 Å². The summed E-state index contributed by atoms with van der Waals surface area (Å²) in [6, 6.07) is 6.28. The lowest BCUT2D eigenvalue weighted by Crippen LogP contribution is -2.27. The van der Waals surface area contributed by atoms with Crippen molar-refractivity contribution in [2.45, 2.75) is 18.2 Å². The molecule has 0 aliphatic rings. The minimum atomic E-state index is -2.84. The number of aromatic nitrogens is 3. The van der Waals surface area contributed by atoms with E-state index in [9.17, 15) is 13.6 Å². The molecule has 0 spiro atoms. The zero-order valence-corrected chi connectivity index (χ0v) is 12.8. The van der Waals surface area contributed by atoms with Crippen molar-refractivity contribution in [2.24, 2.45) is 0 Å². The van der Waals surface area contributed by atoms with Gasteiger partial charge in [0.15, 0.2) is 0 Å². The fraction of sp³-hybridized carbons (Fsp3) is 0.308. The van der Waals surface area contributed by atoms with Crippen LogP contribution in [-0.2, 0) is 11.2 Å². The predicted molar refractivity (Wildman–Crippen MR) is 80.7 cm³/mol. The molecule has 2 rings (SSSR count). The number of benzene rings is 1. The van der Waals surface area contributed by atoms with E-state index in [4.69, 9.17) is 5.84 Å². The van der Waals surface area contributed by atoms with Gasteiger partial charge in [0.25, 0.3) is 0 Å². The zero-order chi connectivity index (χ0) is 16.7. The lowest BCUT2D eigenvalue weighted by molar-refractivity contribution is -0.118. The van der Waals surface area contributed by atoms with Gasteiger partial charge in [0.2, 0.25) is 11.1 Å². The molecule has 0 fully saturated rings. The van der Waals surface area contributed by atoms with Gasteiger partial charge in [-0.3, -0.25) is 4.79 Å². The fourth-order valence-corrected chi connectivity index (χ4v) is 2.36. The summed E-state index contributed by atoms with van der Waals surface area (Å²) in [5.74, 6) is 5.65. The SMILES string of the molecule is Nn1cnnc1SCC(=O)NCCc1ccc(OC(F)F)cc1. The van der Waals surface area contributed by atoms with Crippen molar-refractivity contribution in [3.05, 3.63) is 36.2 Å². The number of alkyl halides is 2. The topological polar surface area (TPSA) is 95.1 Å². The Morgan fingerprint density at radius 3 is 2.74 bits per heavy atom. The Morgan fingerprint density at radius 1 is 1.39 bits per heavy atom. The van der Waals surface area contributed by atoms with Crippen LogP contribution in [-0.4, -0.2) is 39.7 Å². The summed E-state index contributed by atoms with van der Waals surface area (Å²) in [6.07, 6.45) is 1.93. The second kappa shape index (κ2) is 8.32. The Bertz CT molecular complexity index is 636. The van der Waals surface area contributed by atoms with Crippen molar-refractivity contribution >= 4 is 17.7 Å². The molecule has 0 aliphatic carbocycles. The number of amides is 1. The second-order valence-corrected chi connectivity index (χ2v) is 5.37. The van der Waals surface area contributed by atoms with Gasteiger partial charge in [0, 0.05) is 6.54 Å². The molecule has 0 atom stereocenters. The number of hydrogen-bond donors (Lipinski definition) is 2.